The maximum Gasteiger partial charge on any atom is 0.262 e. The predicted octanol–water partition coefficient (Wildman–Crippen LogP) is 2.30. The van der Waals surface area contributed by atoms with E-state index >= 15 is 0 Å². The van der Waals surface area contributed by atoms with Crippen molar-refractivity contribution in [3.05, 3.63) is 42.5 Å². The number of hydrogen-bond acceptors (Lipinski definition) is 6. The summed E-state index contributed by atoms with van der Waals surface area (Å²) >= 11 is 0. The first-order valence-electron chi connectivity index (χ1n) is 7.31. The van der Waals surface area contributed by atoms with Gasteiger partial charge in [0.05, 0.1) is 29.8 Å². The van der Waals surface area contributed by atoms with Crippen LogP contribution in [0.2, 0.25) is 0 Å². The third-order valence-electron chi connectivity index (χ3n) is 3.51. The van der Waals surface area contributed by atoms with E-state index in [2.05, 4.69) is 4.72 Å². The fourth-order valence-electron chi connectivity index (χ4n) is 2.09. The molecule has 0 aromatic heterocycles. The van der Waals surface area contributed by atoms with E-state index in [4.69, 9.17) is 9.47 Å². The summed E-state index contributed by atoms with van der Waals surface area (Å²) in [5, 5.41) is 0. The molecule has 0 aliphatic heterocycles. The lowest BCUT2D eigenvalue weighted by Gasteiger charge is -2.12. The second-order valence-corrected chi connectivity index (χ2v) is 9.01. The van der Waals surface area contributed by atoms with E-state index in [1.54, 1.807) is 6.92 Å². The topological polar surface area (TPSA) is 98.8 Å². The Morgan fingerprint density at radius 2 is 1.40 bits per heavy atom. The Kier molecular flexibility index (Phi) is 5.58. The van der Waals surface area contributed by atoms with Gasteiger partial charge < -0.3 is 9.47 Å². The molecule has 0 saturated heterocycles. The molecule has 0 aliphatic rings. The monoisotopic (exact) mass is 385 g/mol. The Morgan fingerprint density at radius 1 is 0.840 bits per heavy atom. The van der Waals surface area contributed by atoms with Crippen LogP contribution in [0, 0.1) is 0 Å². The molecule has 25 heavy (non-hydrogen) atoms. The summed E-state index contributed by atoms with van der Waals surface area (Å²) in [5.74, 6) is 0.675. The molecule has 0 bridgehead atoms. The van der Waals surface area contributed by atoms with Crippen molar-refractivity contribution in [1.82, 2.24) is 0 Å². The Hall–Kier alpha value is -2.26. The van der Waals surface area contributed by atoms with Crippen molar-refractivity contribution in [3.8, 4) is 11.5 Å². The Morgan fingerprint density at radius 3 is 1.92 bits per heavy atom. The van der Waals surface area contributed by atoms with Gasteiger partial charge in [0.15, 0.2) is 21.3 Å². The van der Waals surface area contributed by atoms with Gasteiger partial charge in [0.2, 0.25) is 0 Å². The van der Waals surface area contributed by atoms with Gasteiger partial charge in [0.1, 0.15) is 0 Å². The highest BCUT2D eigenvalue weighted by atomic mass is 32.2. The van der Waals surface area contributed by atoms with E-state index in [-0.39, 0.29) is 27.0 Å². The molecule has 0 amide bonds. The molecule has 0 heterocycles. The highest BCUT2D eigenvalue weighted by Gasteiger charge is 2.18. The Balaban J connectivity index is 2.30. The molecular formula is C16H19NO6S2. The number of sulfonamides is 1. The van der Waals surface area contributed by atoms with Gasteiger partial charge in [-0.15, -0.1) is 0 Å². The van der Waals surface area contributed by atoms with Crippen molar-refractivity contribution in [3.63, 3.8) is 0 Å². The summed E-state index contributed by atoms with van der Waals surface area (Å²) in [5.41, 5.74) is 0.254. The van der Waals surface area contributed by atoms with Crippen molar-refractivity contribution in [2.45, 2.75) is 16.7 Å². The van der Waals surface area contributed by atoms with Crippen LogP contribution in [-0.2, 0) is 19.9 Å². The predicted molar refractivity (Wildman–Crippen MR) is 94.5 cm³/mol. The lowest BCUT2D eigenvalue weighted by Crippen LogP contribution is -2.13. The van der Waals surface area contributed by atoms with E-state index in [0.29, 0.717) is 5.75 Å². The van der Waals surface area contributed by atoms with E-state index < -0.39 is 19.9 Å². The summed E-state index contributed by atoms with van der Waals surface area (Å²) in [4.78, 5) is 0.138. The third kappa shape index (κ3) is 4.23. The molecule has 1 N–H and O–H groups in total. The van der Waals surface area contributed by atoms with Gasteiger partial charge in [-0.2, -0.15) is 0 Å². The minimum atomic E-state index is -3.86. The van der Waals surface area contributed by atoms with Gasteiger partial charge in [0.25, 0.3) is 10.0 Å². The SMILES string of the molecule is CCS(=O)(=O)c1ccc(NS(=O)(=O)c2ccc(OC)c(OC)c2)cc1. The van der Waals surface area contributed by atoms with Gasteiger partial charge >= 0.3 is 0 Å². The fourth-order valence-corrected chi connectivity index (χ4v) is 4.05. The molecule has 0 spiro atoms. The number of hydrogen-bond donors (Lipinski definition) is 1. The highest BCUT2D eigenvalue weighted by molar-refractivity contribution is 7.92. The van der Waals surface area contributed by atoms with Crippen LogP contribution >= 0.6 is 0 Å². The minimum absolute atomic E-state index is 0.00425. The van der Waals surface area contributed by atoms with Crippen molar-refractivity contribution in [2.24, 2.45) is 0 Å². The number of ether oxygens (including phenoxy) is 2. The van der Waals surface area contributed by atoms with Crippen LogP contribution in [0.3, 0.4) is 0 Å². The zero-order chi connectivity index (χ0) is 18.7. The van der Waals surface area contributed by atoms with Crippen LogP contribution in [0.1, 0.15) is 6.92 Å². The minimum Gasteiger partial charge on any atom is -0.493 e. The average molecular weight is 385 g/mol. The Labute approximate surface area is 147 Å². The van der Waals surface area contributed by atoms with Gasteiger partial charge in [-0.25, -0.2) is 16.8 Å². The molecule has 0 radical (unpaired) electrons. The van der Waals surface area contributed by atoms with E-state index in [9.17, 15) is 16.8 Å². The van der Waals surface area contributed by atoms with Crippen LogP contribution in [0.5, 0.6) is 11.5 Å². The summed E-state index contributed by atoms with van der Waals surface area (Å²) in [7, 11) is -4.33. The molecule has 2 aromatic rings. The molecular weight excluding hydrogens is 366 g/mol. The highest BCUT2D eigenvalue weighted by Crippen LogP contribution is 2.30. The van der Waals surface area contributed by atoms with Crippen molar-refractivity contribution < 1.29 is 26.3 Å². The zero-order valence-electron chi connectivity index (χ0n) is 14.0. The number of sulfone groups is 1. The first-order chi connectivity index (χ1) is 11.7. The first-order valence-corrected chi connectivity index (χ1v) is 10.4. The van der Waals surface area contributed by atoms with Crippen LogP contribution in [-0.4, -0.2) is 36.8 Å². The summed E-state index contributed by atoms with van der Waals surface area (Å²) < 4.78 is 61.1. The third-order valence-corrected chi connectivity index (χ3v) is 6.64. The number of rotatable bonds is 7. The maximum atomic E-state index is 12.5. The normalized spacial score (nSPS) is 11.8. The number of benzene rings is 2. The quantitative estimate of drug-likeness (QED) is 0.785. The van der Waals surface area contributed by atoms with Gasteiger partial charge in [0, 0.05) is 11.8 Å². The molecule has 9 heteroatoms. The Bertz CT molecular complexity index is 951. The molecule has 0 saturated carbocycles. The lowest BCUT2D eigenvalue weighted by atomic mass is 10.3. The standard InChI is InChI=1S/C16H19NO6S2/c1-4-24(18,19)13-7-5-12(6-8-13)17-25(20,21)14-9-10-15(22-2)16(11-14)23-3/h5-11,17H,4H2,1-3H3. The molecule has 0 aliphatic carbocycles. The number of methoxy groups -OCH3 is 2. The molecule has 7 nitrogen and oxygen atoms in total. The summed E-state index contributed by atoms with van der Waals surface area (Å²) in [6.45, 7) is 1.54. The largest absolute Gasteiger partial charge is 0.493 e. The van der Waals surface area contributed by atoms with Crippen molar-refractivity contribution >= 4 is 25.5 Å². The fraction of sp³-hybridized carbons (Fsp3) is 0.250. The second-order valence-electron chi connectivity index (χ2n) is 5.05. The van der Waals surface area contributed by atoms with Gasteiger partial charge in [-0.05, 0) is 36.4 Å². The van der Waals surface area contributed by atoms with Gasteiger partial charge in [-0.3, -0.25) is 4.72 Å². The number of nitrogens with one attached hydrogen (secondary N) is 1. The van der Waals surface area contributed by atoms with Crippen LogP contribution in [0.4, 0.5) is 5.69 Å². The maximum absolute atomic E-state index is 12.5. The smallest absolute Gasteiger partial charge is 0.262 e. The van der Waals surface area contributed by atoms with Gasteiger partial charge in [-0.1, -0.05) is 6.92 Å². The van der Waals surface area contributed by atoms with Crippen LogP contribution < -0.4 is 14.2 Å². The van der Waals surface area contributed by atoms with E-state index in [1.165, 1.54) is 56.7 Å². The first kappa shape index (κ1) is 19.1. The molecule has 0 atom stereocenters. The van der Waals surface area contributed by atoms with Crippen molar-refractivity contribution in [2.75, 3.05) is 24.7 Å². The average Bonchev–Trinajstić information content (AvgIpc) is 2.61. The summed E-state index contributed by atoms with van der Waals surface area (Å²) in [6, 6.07) is 9.76. The molecule has 2 rings (SSSR count). The molecule has 2 aromatic carbocycles. The number of anilines is 1. The molecule has 0 unspecified atom stereocenters. The van der Waals surface area contributed by atoms with E-state index in [1.807, 2.05) is 0 Å². The van der Waals surface area contributed by atoms with E-state index in [0.717, 1.165) is 0 Å². The zero-order valence-corrected chi connectivity index (χ0v) is 15.6. The summed E-state index contributed by atoms with van der Waals surface area (Å²) in [6.07, 6.45) is 0. The second kappa shape index (κ2) is 7.32. The van der Waals surface area contributed by atoms with Crippen LogP contribution in [0.15, 0.2) is 52.3 Å². The van der Waals surface area contributed by atoms with Crippen LogP contribution in [0.25, 0.3) is 0 Å². The lowest BCUT2D eigenvalue weighted by molar-refractivity contribution is 0.354. The van der Waals surface area contributed by atoms with Crippen molar-refractivity contribution in [1.29, 1.82) is 0 Å². The molecule has 0 fully saturated rings. The molecule has 136 valence electrons.